The number of halogens is 3. The lowest BCUT2D eigenvalue weighted by molar-refractivity contribution is -0.115. The highest BCUT2D eigenvalue weighted by Gasteiger charge is 2.26. The van der Waals surface area contributed by atoms with Crippen molar-refractivity contribution in [2.75, 3.05) is 5.32 Å². The van der Waals surface area contributed by atoms with Crippen molar-refractivity contribution < 1.29 is 18.8 Å². The van der Waals surface area contributed by atoms with Gasteiger partial charge in [0.2, 0.25) is 5.91 Å². The van der Waals surface area contributed by atoms with Crippen LogP contribution in [-0.2, 0) is 11.2 Å². The maximum Gasteiger partial charge on any atom is 0.259 e. The molecule has 1 aliphatic heterocycles. The number of carbonyl (C=O) groups excluding carboxylic acids is 3. The van der Waals surface area contributed by atoms with Gasteiger partial charge in [0.25, 0.3) is 11.8 Å². The molecule has 8 heteroatoms. The number of hydrogen-bond acceptors (Lipinski definition) is 3. The van der Waals surface area contributed by atoms with Gasteiger partial charge in [-0.15, -0.1) is 0 Å². The summed E-state index contributed by atoms with van der Waals surface area (Å²) in [4.78, 5) is 35.2. The average Bonchev–Trinajstić information content (AvgIpc) is 2.79. The fourth-order valence-electron chi connectivity index (χ4n) is 2.32. The number of hydrogen-bond donors (Lipinski definition) is 2. The molecule has 0 aliphatic carbocycles. The molecule has 0 bridgehead atoms. The highest BCUT2D eigenvalue weighted by atomic mass is 35.5. The van der Waals surface area contributed by atoms with E-state index in [-0.39, 0.29) is 33.2 Å². The minimum Gasteiger partial charge on any atom is -0.326 e. The third-order valence-corrected chi connectivity index (χ3v) is 4.10. The summed E-state index contributed by atoms with van der Waals surface area (Å²) in [5.74, 6) is -2.12. The van der Waals surface area contributed by atoms with Crippen molar-refractivity contribution in [2.24, 2.45) is 0 Å². The number of fused-ring (bicyclic) bond motifs is 1. The van der Waals surface area contributed by atoms with Crippen LogP contribution in [0.3, 0.4) is 0 Å². The first-order chi connectivity index (χ1) is 11.3. The molecule has 0 spiro atoms. The van der Waals surface area contributed by atoms with Gasteiger partial charge in [0.05, 0.1) is 22.6 Å². The average molecular weight is 367 g/mol. The van der Waals surface area contributed by atoms with E-state index in [0.29, 0.717) is 5.69 Å². The second kappa shape index (κ2) is 6.22. The Labute approximate surface area is 145 Å². The van der Waals surface area contributed by atoms with E-state index in [9.17, 15) is 18.8 Å². The number of carbonyl (C=O) groups is 3. The molecule has 2 aromatic carbocycles. The van der Waals surface area contributed by atoms with Gasteiger partial charge < -0.3 is 5.32 Å². The van der Waals surface area contributed by atoms with Crippen molar-refractivity contribution in [1.82, 2.24) is 5.32 Å². The molecule has 5 nitrogen and oxygen atoms in total. The molecule has 0 radical (unpaired) electrons. The number of amides is 3. The third-order valence-electron chi connectivity index (χ3n) is 3.46. The summed E-state index contributed by atoms with van der Waals surface area (Å²) in [6.45, 7) is 0. The van der Waals surface area contributed by atoms with Crippen LogP contribution in [0.2, 0.25) is 10.0 Å². The number of rotatable bonds is 3. The van der Waals surface area contributed by atoms with Crippen molar-refractivity contribution in [3.63, 3.8) is 0 Å². The summed E-state index contributed by atoms with van der Waals surface area (Å²) in [5, 5.41) is 4.78. The van der Waals surface area contributed by atoms with E-state index in [1.165, 1.54) is 24.3 Å². The summed E-state index contributed by atoms with van der Waals surface area (Å²) in [6.07, 6.45) is -0.171. The fraction of sp³-hybridized carbons (Fsp3) is 0.0625. The van der Waals surface area contributed by atoms with Crippen LogP contribution in [0.4, 0.5) is 10.1 Å². The molecule has 122 valence electrons. The predicted octanol–water partition coefficient (Wildman–Crippen LogP) is 3.20. The Kier molecular flexibility index (Phi) is 4.26. The van der Waals surface area contributed by atoms with Gasteiger partial charge in [0, 0.05) is 10.7 Å². The highest BCUT2D eigenvalue weighted by Crippen LogP contribution is 2.25. The van der Waals surface area contributed by atoms with Crippen LogP contribution in [0.1, 0.15) is 26.3 Å². The van der Waals surface area contributed by atoms with Gasteiger partial charge in [-0.05, 0) is 35.9 Å². The van der Waals surface area contributed by atoms with Gasteiger partial charge in [-0.2, -0.15) is 0 Å². The lowest BCUT2D eigenvalue weighted by atomic mass is 10.1. The van der Waals surface area contributed by atoms with Crippen molar-refractivity contribution in [3.05, 3.63) is 62.9 Å². The van der Waals surface area contributed by atoms with E-state index in [4.69, 9.17) is 23.2 Å². The first-order valence-corrected chi connectivity index (χ1v) is 7.54. The lowest BCUT2D eigenvalue weighted by Gasteiger charge is -2.08. The normalized spacial score (nSPS) is 12.8. The van der Waals surface area contributed by atoms with E-state index >= 15 is 0 Å². The van der Waals surface area contributed by atoms with E-state index < -0.39 is 23.5 Å². The molecule has 3 rings (SSSR count). The van der Waals surface area contributed by atoms with Gasteiger partial charge in [-0.25, -0.2) is 4.39 Å². The van der Waals surface area contributed by atoms with Crippen molar-refractivity contribution in [3.8, 4) is 0 Å². The largest absolute Gasteiger partial charge is 0.326 e. The van der Waals surface area contributed by atoms with Crippen LogP contribution < -0.4 is 10.6 Å². The molecule has 0 saturated heterocycles. The number of imide groups is 1. The lowest BCUT2D eigenvalue weighted by Crippen LogP contribution is -2.19. The fourth-order valence-corrected chi connectivity index (χ4v) is 2.77. The smallest absolute Gasteiger partial charge is 0.259 e. The minimum absolute atomic E-state index is 0.126. The van der Waals surface area contributed by atoms with E-state index in [1.54, 1.807) is 0 Å². The molecule has 24 heavy (non-hydrogen) atoms. The highest BCUT2D eigenvalue weighted by molar-refractivity contribution is 6.35. The molecule has 0 fully saturated rings. The van der Waals surface area contributed by atoms with Gasteiger partial charge in [-0.1, -0.05) is 23.2 Å². The minimum atomic E-state index is -0.670. The molecular formula is C16H9Cl2FN2O3. The molecule has 0 atom stereocenters. The zero-order valence-corrected chi connectivity index (χ0v) is 13.5. The summed E-state index contributed by atoms with van der Waals surface area (Å²) in [7, 11) is 0. The van der Waals surface area contributed by atoms with Gasteiger partial charge in [-0.3, -0.25) is 19.7 Å². The molecular weight excluding hydrogens is 358 g/mol. The number of anilines is 1. The summed E-state index contributed by atoms with van der Waals surface area (Å²) < 4.78 is 13.5. The third kappa shape index (κ3) is 3.11. The quantitative estimate of drug-likeness (QED) is 0.646. The van der Waals surface area contributed by atoms with Crippen LogP contribution >= 0.6 is 23.2 Å². The monoisotopic (exact) mass is 366 g/mol. The summed E-state index contributed by atoms with van der Waals surface area (Å²) >= 11 is 11.5. The Morgan fingerprint density at radius 1 is 1.04 bits per heavy atom. The zero-order chi connectivity index (χ0) is 17.4. The molecule has 0 aromatic heterocycles. The van der Waals surface area contributed by atoms with Crippen molar-refractivity contribution >= 4 is 46.6 Å². The maximum atomic E-state index is 13.5. The Hall–Kier alpha value is -2.44. The molecule has 3 amide bonds. The van der Waals surface area contributed by atoms with Crippen LogP contribution in [-0.4, -0.2) is 17.7 Å². The second-order valence-corrected chi connectivity index (χ2v) is 5.94. The molecule has 1 aliphatic rings. The molecule has 0 unspecified atom stereocenters. The van der Waals surface area contributed by atoms with Crippen LogP contribution in [0.15, 0.2) is 30.3 Å². The predicted molar refractivity (Wildman–Crippen MR) is 87.0 cm³/mol. The zero-order valence-electron chi connectivity index (χ0n) is 12.0. The first kappa shape index (κ1) is 16.4. The van der Waals surface area contributed by atoms with E-state index in [1.807, 2.05) is 0 Å². The van der Waals surface area contributed by atoms with Crippen molar-refractivity contribution in [1.29, 1.82) is 0 Å². The van der Waals surface area contributed by atoms with Gasteiger partial charge in [0.1, 0.15) is 5.82 Å². The second-order valence-electron chi connectivity index (χ2n) is 5.13. The first-order valence-electron chi connectivity index (χ1n) is 6.78. The molecule has 0 saturated carbocycles. The maximum absolute atomic E-state index is 13.5. The summed E-state index contributed by atoms with van der Waals surface area (Å²) in [5.41, 5.74) is 1.06. The standard InChI is InChI=1S/C16H9Cl2FN2O3/c17-11-6-12(18)13(19)3-7(11)4-14(22)20-8-1-2-9-10(5-8)16(24)21-15(9)23/h1-3,5-6H,4H2,(H,20,22)(H,21,23,24). The molecule has 1 heterocycles. The summed E-state index contributed by atoms with van der Waals surface area (Å²) in [6, 6.07) is 6.67. The van der Waals surface area contributed by atoms with Crippen LogP contribution in [0.5, 0.6) is 0 Å². The van der Waals surface area contributed by atoms with Crippen molar-refractivity contribution in [2.45, 2.75) is 6.42 Å². The van der Waals surface area contributed by atoms with Crippen LogP contribution in [0, 0.1) is 5.82 Å². The number of nitrogens with one attached hydrogen (secondary N) is 2. The Morgan fingerprint density at radius 3 is 2.50 bits per heavy atom. The number of benzene rings is 2. The van der Waals surface area contributed by atoms with Gasteiger partial charge in [0.15, 0.2) is 0 Å². The molecule has 2 aromatic rings. The van der Waals surface area contributed by atoms with E-state index in [0.717, 1.165) is 6.07 Å². The molecule has 2 N–H and O–H groups in total. The Balaban J connectivity index is 1.77. The topological polar surface area (TPSA) is 75.3 Å². The Morgan fingerprint density at radius 2 is 1.75 bits per heavy atom. The van der Waals surface area contributed by atoms with Crippen LogP contribution in [0.25, 0.3) is 0 Å². The van der Waals surface area contributed by atoms with Gasteiger partial charge >= 0.3 is 0 Å². The van der Waals surface area contributed by atoms with E-state index in [2.05, 4.69) is 10.6 Å². The SMILES string of the molecule is O=C(Cc1cc(F)c(Cl)cc1Cl)Nc1ccc2c(c1)C(=O)NC2=O. The Bertz CT molecular complexity index is 899.